The average Bonchev–Trinajstić information content (AvgIpc) is 3.19. The molecule has 2 rings (SSSR count). The number of nitrogens with zero attached hydrogens (tertiary/aromatic N) is 1. The molecule has 5 nitrogen and oxygen atoms in total. The SMILES string of the molecule is CN=C(NCCCOCC1CCOC1)NCc1cccs1.I. The molecular formula is C15H26IN3O2S. The van der Waals surface area contributed by atoms with Crippen LogP contribution in [0.3, 0.4) is 0 Å². The lowest BCUT2D eigenvalue weighted by atomic mass is 10.1. The van der Waals surface area contributed by atoms with Gasteiger partial charge in [-0.05, 0) is 24.3 Å². The molecule has 0 aromatic carbocycles. The van der Waals surface area contributed by atoms with E-state index in [2.05, 4.69) is 33.1 Å². The molecular weight excluding hydrogens is 413 g/mol. The molecule has 1 aromatic heterocycles. The van der Waals surface area contributed by atoms with E-state index < -0.39 is 0 Å². The van der Waals surface area contributed by atoms with Crippen molar-refractivity contribution in [1.82, 2.24) is 10.6 Å². The molecule has 1 aromatic rings. The van der Waals surface area contributed by atoms with Gasteiger partial charge in [-0.2, -0.15) is 0 Å². The molecule has 0 saturated carbocycles. The van der Waals surface area contributed by atoms with Gasteiger partial charge in [0.2, 0.25) is 0 Å². The summed E-state index contributed by atoms with van der Waals surface area (Å²) in [6.07, 6.45) is 2.12. The molecule has 0 aliphatic carbocycles. The van der Waals surface area contributed by atoms with Crippen LogP contribution in [-0.4, -0.2) is 46.0 Å². The molecule has 2 N–H and O–H groups in total. The monoisotopic (exact) mass is 439 g/mol. The van der Waals surface area contributed by atoms with Crippen LogP contribution < -0.4 is 10.6 Å². The predicted octanol–water partition coefficient (Wildman–Crippen LogP) is 2.47. The minimum absolute atomic E-state index is 0. The maximum absolute atomic E-state index is 5.67. The summed E-state index contributed by atoms with van der Waals surface area (Å²) in [5.74, 6) is 1.44. The largest absolute Gasteiger partial charge is 0.381 e. The lowest BCUT2D eigenvalue weighted by Crippen LogP contribution is -2.37. The van der Waals surface area contributed by atoms with Crippen molar-refractivity contribution in [3.05, 3.63) is 22.4 Å². The zero-order valence-electron chi connectivity index (χ0n) is 13.0. The minimum Gasteiger partial charge on any atom is -0.381 e. The molecule has 0 amide bonds. The summed E-state index contributed by atoms with van der Waals surface area (Å²) < 4.78 is 11.0. The van der Waals surface area contributed by atoms with Crippen molar-refractivity contribution in [3.63, 3.8) is 0 Å². The Balaban J connectivity index is 0.00000242. The van der Waals surface area contributed by atoms with Crippen LogP contribution in [-0.2, 0) is 16.0 Å². The molecule has 1 unspecified atom stereocenters. The second-order valence-corrected chi connectivity index (χ2v) is 6.12. The van der Waals surface area contributed by atoms with E-state index in [0.717, 1.165) is 58.3 Å². The molecule has 1 saturated heterocycles. The first kappa shape index (κ1) is 19.7. The van der Waals surface area contributed by atoms with Crippen LogP contribution >= 0.6 is 35.3 Å². The van der Waals surface area contributed by atoms with Crippen molar-refractivity contribution >= 4 is 41.3 Å². The van der Waals surface area contributed by atoms with Crippen molar-refractivity contribution < 1.29 is 9.47 Å². The zero-order chi connectivity index (χ0) is 14.8. The Morgan fingerprint density at radius 3 is 3.09 bits per heavy atom. The number of rotatable bonds is 8. The summed E-state index contributed by atoms with van der Waals surface area (Å²) in [7, 11) is 1.79. The normalized spacial score (nSPS) is 18.0. The number of thiophene rings is 1. The molecule has 1 fully saturated rings. The quantitative estimate of drug-likeness (QED) is 0.283. The van der Waals surface area contributed by atoms with Crippen LogP contribution in [0.15, 0.2) is 22.5 Å². The maximum Gasteiger partial charge on any atom is 0.191 e. The molecule has 1 aliphatic rings. The molecule has 0 radical (unpaired) electrons. The Kier molecular flexibility index (Phi) is 10.8. The van der Waals surface area contributed by atoms with Gasteiger partial charge in [0, 0.05) is 37.6 Å². The van der Waals surface area contributed by atoms with Crippen LogP contribution in [0, 0.1) is 5.92 Å². The minimum atomic E-state index is 0. The van der Waals surface area contributed by atoms with E-state index in [4.69, 9.17) is 9.47 Å². The number of halogens is 1. The Labute approximate surface area is 153 Å². The Bertz CT molecular complexity index is 409. The van der Waals surface area contributed by atoms with E-state index in [1.165, 1.54) is 4.88 Å². The molecule has 0 bridgehead atoms. The van der Waals surface area contributed by atoms with Gasteiger partial charge in [-0.15, -0.1) is 35.3 Å². The van der Waals surface area contributed by atoms with Gasteiger partial charge < -0.3 is 20.1 Å². The van der Waals surface area contributed by atoms with E-state index >= 15 is 0 Å². The van der Waals surface area contributed by atoms with Crippen LogP contribution in [0.25, 0.3) is 0 Å². The third-order valence-electron chi connectivity index (χ3n) is 3.37. The van der Waals surface area contributed by atoms with E-state index in [0.29, 0.717) is 5.92 Å². The third-order valence-corrected chi connectivity index (χ3v) is 4.25. The van der Waals surface area contributed by atoms with E-state index in [1.54, 1.807) is 18.4 Å². The van der Waals surface area contributed by atoms with Crippen molar-refractivity contribution in [3.8, 4) is 0 Å². The van der Waals surface area contributed by atoms with Crippen LogP contribution in [0.5, 0.6) is 0 Å². The number of hydrogen-bond donors (Lipinski definition) is 2. The average molecular weight is 439 g/mol. The highest BCUT2D eigenvalue weighted by atomic mass is 127. The zero-order valence-corrected chi connectivity index (χ0v) is 16.2. The summed E-state index contributed by atoms with van der Waals surface area (Å²) in [6.45, 7) is 5.04. The van der Waals surface area contributed by atoms with Crippen LogP contribution in [0.1, 0.15) is 17.7 Å². The summed E-state index contributed by atoms with van der Waals surface area (Å²) in [5, 5.41) is 8.68. The van der Waals surface area contributed by atoms with Gasteiger partial charge >= 0.3 is 0 Å². The Morgan fingerprint density at radius 1 is 1.50 bits per heavy atom. The lowest BCUT2D eigenvalue weighted by Gasteiger charge is -2.12. The summed E-state index contributed by atoms with van der Waals surface area (Å²) in [5.41, 5.74) is 0. The van der Waals surface area contributed by atoms with Gasteiger partial charge in [-0.25, -0.2) is 0 Å². The topological polar surface area (TPSA) is 54.9 Å². The van der Waals surface area contributed by atoms with Crippen molar-refractivity contribution in [2.75, 3.05) is 40.0 Å². The summed E-state index contributed by atoms with van der Waals surface area (Å²) >= 11 is 1.75. The second-order valence-electron chi connectivity index (χ2n) is 5.09. The number of aliphatic imine (C=N–C) groups is 1. The molecule has 0 spiro atoms. The Morgan fingerprint density at radius 2 is 2.41 bits per heavy atom. The first-order valence-electron chi connectivity index (χ1n) is 7.51. The number of nitrogens with one attached hydrogen (secondary N) is 2. The van der Waals surface area contributed by atoms with Gasteiger partial charge in [0.05, 0.1) is 19.8 Å². The fraction of sp³-hybridized carbons (Fsp3) is 0.667. The number of guanidine groups is 1. The van der Waals surface area contributed by atoms with E-state index in [-0.39, 0.29) is 24.0 Å². The Hall–Kier alpha value is -0.380. The third kappa shape index (κ3) is 7.75. The summed E-state index contributed by atoms with van der Waals surface area (Å²) in [4.78, 5) is 5.52. The van der Waals surface area contributed by atoms with Gasteiger partial charge in [-0.3, -0.25) is 4.99 Å². The highest BCUT2D eigenvalue weighted by molar-refractivity contribution is 14.0. The standard InChI is InChI=1S/C15H25N3O2S.HI/c1-16-15(18-10-14-4-2-9-21-14)17-6-3-7-19-11-13-5-8-20-12-13;/h2,4,9,13H,3,5-8,10-12H2,1H3,(H2,16,17,18);1H. The van der Waals surface area contributed by atoms with Crippen molar-refractivity contribution in [2.45, 2.75) is 19.4 Å². The first-order chi connectivity index (χ1) is 10.4. The summed E-state index contributed by atoms with van der Waals surface area (Å²) in [6, 6.07) is 4.18. The van der Waals surface area contributed by atoms with Gasteiger partial charge in [-0.1, -0.05) is 6.07 Å². The van der Waals surface area contributed by atoms with Crippen LogP contribution in [0.4, 0.5) is 0 Å². The van der Waals surface area contributed by atoms with Gasteiger partial charge in [0.15, 0.2) is 5.96 Å². The van der Waals surface area contributed by atoms with E-state index in [9.17, 15) is 0 Å². The highest BCUT2D eigenvalue weighted by Gasteiger charge is 2.15. The lowest BCUT2D eigenvalue weighted by molar-refractivity contribution is 0.0888. The smallest absolute Gasteiger partial charge is 0.191 e. The molecule has 1 atom stereocenters. The molecule has 22 heavy (non-hydrogen) atoms. The number of ether oxygens (including phenoxy) is 2. The van der Waals surface area contributed by atoms with Crippen molar-refractivity contribution in [1.29, 1.82) is 0 Å². The highest BCUT2D eigenvalue weighted by Crippen LogP contribution is 2.12. The number of hydrogen-bond acceptors (Lipinski definition) is 4. The first-order valence-corrected chi connectivity index (χ1v) is 8.39. The van der Waals surface area contributed by atoms with E-state index in [1.807, 2.05) is 0 Å². The van der Waals surface area contributed by atoms with Gasteiger partial charge in [0.1, 0.15) is 0 Å². The molecule has 1 aliphatic heterocycles. The molecule has 7 heteroatoms. The maximum atomic E-state index is 5.67. The van der Waals surface area contributed by atoms with Crippen molar-refractivity contribution in [2.24, 2.45) is 10.9 Å². The fourth-order valence-electron chi connectivity index (χ4n) is 2.15. The molecule has 126 valence electrons. The van der Waals surface area contributed by atoms with Gasteiger partial charge in [0.25, 0.3) is 0 Å². The molecule has 2 heterocycles. The fourth-order valence-corrected chi connectivity index (χ4v) is 2.79. The second kappa shape index (κ2) is 12.1. The predicted molar refractivity (Wildman–Crippen MR) is 102 cm³/mol. The van der Waals surface area contributed by atoms with Crippen LogP contribution in [0.2, 0.25) is 0 Å².